The maximum atomic E-state index is 9.13. The molecule has 0 fully saturated rings. The second-order valence-corrected chi connectivity index (χ2v) is 4.09. The zero-order chi connectivity index (χ0) is 12.3. The summed E-state index contributed by atoms with van der Waals surface area (Å²) in [5.74, 6) is 6.79. The van der Waals surface area contributed by atoms with Crippen molar-refractivity contribution in [1.29, 1.82) is 5.26 Å². The molecule has 0 spiro atoms. The molecule has 0 saturated heterocycles. The molecule has 0 bridgehead atoms. The molecule has 17 heavy (non-hydrogen) atoms. The highest BCUT2D eigenvalue weighted by atomic mass is 16.5. The molecule has 1 aromatic carbocycles. The summed E-state index contributed by atoms with van der Waals surface area (Å²) in [4.78, 5) is 0. The van der Waals surface area contributed by atoms with Crippen molar-refractivity contribution in [3.63, 3.8) is 0 Å². The first-order valence-electron chi connectivity index (χ1n) is 5.49. The Bertz CT molecular complexity index is 456. The third-order valence-corrected chi connectivity index (χ3v) is 2.84. The first-order valence-corrected chi connectivity index (χ1v) is 5.49. The molecule has 3 N–H and O–H groups in total. The molecule has 90 valence electrons. The summed E-state index contributed by atoms with van der Waals surface area (Å²) in [6.45, 7) is 2.99. The minimum atomic E-state index is -0.926. The van der Waals surface area contributed by atoms with Crippen LogP contribution < -0.4 is 20.7 Å². The van der Waals surface area contributed by atoms with Gasteiger partial charge in [-0.3, -0.25) is 5.84 Å². The van der Waals surface area contributed by atoms with Gasteiger partial charge in [-0.25, -0.2) is 5.43 Å². The van der Waals surface area contributed by atoms with Crippen LogP contribution in [0.1, 0.15) is 18.9 Å². The maximum absolute atomic E-state index is 9.13. The van der Waals surface area contributed by atoms with Crippen LogP contribution >= 0.6 is 0 Å². The third-order valence-electron chi connectivity index (χ3n) is 2.84. The summed E-state index contributed by atoms with van der Waals surface area (Å²) in [5, 5.41) is 9.13. The van der Waals surface area contributed by atoms with E-state index >= 15 is 0 Å². The van der Waals surface area contributed by atoms with Crippen LogP contribution in [0.4, 0.5) is 0 Å². The van der Waals surface area contributed by atoms with Gasteiger partial charge in [0.15, 0.2) is 11.5 Å². The van der Waals surface area contributed by atoms with Gasteiger partial charge in [0, 0.05) is 6.42 Å². The molecule has 0 amide bonds. The van der Waals surface area contributed by atoms with E-state index in [2.05, 4.69) is 11.5 Å². The number of benzene rings is 1. The average Bonchev–Trinajstić information content (AvgIpc) is 2.62. The molecule has 1 atom stereocenters. The lowest BCUT2D eigenvalue weighted by atomic mass is 9.94. The van der Waals surface area contributed by atoms with E-state index in [9.17, 15) is 0 Å². The van der Waals surface area contributed by atoms with Crippen molar-refractivity contribution in [2.24, 2.45) is 5.84 Å². The molecule has 1 aliphatic heterocycles. The first-order chi connectivity index (χ1) is 8.19. The van der Waals surface area contributed by atoms with Gasteiger partial charge < -0.3 is 9.47 Å². The summed E-state index contributed by atoms with van der Waals surface area (Å²) in [7, 11) is 0. The fourth-order valence-electron chi connectivity index (χ4n) is 1.65. The predicted octanol–water partition coefficient (Wildman–Crippen LogP) is 1.05. The molecule has 0 aliphatic carbocycles. The standard InChI is InChI=1S/C12H15N3O2/c1-12(8-13,15-14)9-3-4-10-11(7-9)17-6-2-5-16-10/h3-4,7,15H,2,5-6,14H2,1H3. The van der Waals surface area contributed by atoms with E-state index in [1.54, 1.807) is 13.0 Å². The lowest BCUT2D eigenvalue weighted by Gasteiger charge is -2.21. The highest BCUT2D eigenvalue weighted by Crippen LogP contribution is 2.33. The lowest BCUT2D eigenvalue weighted by Crippen LogP contribution is -2.42. The van der Waals surface area contributed by atoms with E-state index in [-0.39, 0.29) is 0 Å². The van der Waals surface area contributed by atoms with Gasteiger partial charge in [-0.05, 0) is 24.6 Å². The maximum Gasteiger partial charge on any atom is 0.161 e. The Kier molecular flexibility index (Phi) is 3.18. The minimum absolute atomic E-state index is 0.621. The smallest absolute Gasteiger partial charge is 0.161 e. The molecular formula is C12H15N3O2. The van der Waals surface area contributed by atoms with Crippen molar-refractivity contribution in [1.82, 2.24) is 5.43 Å². The molecule has 5 heteroatoms. The fourth-order valence-corrected chi connectivity index (χ4v) is 1.65. The molecule has 1 aliphatic rings. The number of rotatable bonds is 2. The van der Waals surface area contributed by atoms with Gasteiger partial charge in [-0.15, -0.1) is 0 Å². The molecule has 0 saturated carbocycles. The lowest BCUT2D eigenvalue weighted by molar-refractivity contribution is 0.296. The van der Waals surface area contributed by atoms with Crippen molar-refractivity contribution in [2.45, 2.75) is 18.9 Å². The van der Waals surface area contributed by atoms with Crippen LogP contribution in [0.5, 0.6) is 11.5 Å². The third kappa shape index (κ3) is 2.18. The summed E-state index contributed by atoms with van der Waals surface area (Å²) < 4.78 is 11.1. The zero-order valence-corrected chi connectivity index (χ0v) is 9.69. The van der Waals surface area contributed by atoms with E-state index in [4.69, 9.17) is 20.6 Å². The first kappa shape index (κ1) is 11.7. The summed E-state index contributed by atoms with van der Waals surface area (Å²) in [6.07, 6.45) is 0.856. The van der Waals surface area contributed by atoms with Crippen molar-refractivity contribution >= 4 is 0 Å². The Hall–Kier alpha value is -1.77. The predicted molar refractivity (Wildman–Crippen MR) is 62.3 cm³/mol. The van der Waals surface area contributed by atoms with Crippen LogP contribution in [0.15, 0.2) is 18.2 Å². The van der Waals surface area contributed by atoms with Crippen molar-refractivity contribution in [3.05, 3.63) is 23.8 Å². The Morgan fingerprint density at radius 2 is 2.06 bits per heavy atom. The highest BCUT2D eigenvalue weighted by Gasteiger charge is 2.26. The van der Waals surface area contributed by atoms with Crippen LogP contribution in [0.25, 0.3) is 0 Å². The molecular weight excluding hydrogens is 218 g/mol. The number of hydrogen-bond donors (Lipinski definition) is 2. The Morgan fingerprint density at radius 3 is 2.71 bits per heavy atom. The molecule has 0 aromatic heterocycles. The summed E-state index contributed by atoms with van der Waals surface area (Å²) in [6, 6.07) is 7.55. The zero-order valence-electron chi connectivity index (χ0n) is 9.69. The monoisotopic (exact) mass is 233 g/mol. The molecule has 1 aromatic rings. The van der Waals surface area contributed by atoms with Crippen LogP contribution in [-0.4, -0.2) is 13.2 Å². The molecule has 1 unspecified atom stereocenters. The van der Waals surface area contributed by atoms with Gasteiger partial charge in [-0.2, -0.15) is 5.26 Å². The SMILES string of the molecule is CC(C#N)(NN)c1ccc2c(c1)OCCCO2. The van der Waals surface area contributed by atoms with E-state index < -0.39 is 5.54 Å². The summed E-state index contributed by atoms with van der Waals surface area (Å²) >= 11 is 0. The number of hydrazine groups is 1. The largest absolute Gasteiger partial charge is 0.490 e. The average molecular weight is 233 g/mol. The van der Waals surface area contributed by atoms with Gasteiger partial charge in [-0.1, -0.05) is 6.07 Å². The van der Waals surface area contributed by atoms with E-state index in [0.29, 0.717) is 24.7 Å². The van der Waals surface area contributed by atoms with E-state index in [0.717, 1.165) is 12.0 Å². The molecule has 0 radical (unpaired) electrons. The normalized spacial score (nSPS) is 17.7. The van der Waals surface area contributed by atoms with Crippen molar-refractivity contribution < 1.29 is 9.47 Å². The number of nitrogens with one attached hydrogen (secondary N) is 1. The second kappa shape index (κ2) is 4.62. The number of ether oxygens (including phenoxy) is 2. The quantitative estimate of drug-likeness (QED) is 0.589. The summed E-state index contributed by atoms with van der Waals surface area (Å²) in [5.41, 5.74) is 2.34. The van der Waals surface area contributed by atoms with Crippen LogP contribution in [0, 0.1) is 11.3 Å². The number of fused-ring (bicyclic) bond motifs is 1. The molecule has 2 rings (SSSR count). The Morgan fingerprint density at radius 1 is 1.35 bits per heavy atom. The minimum Gasteiger partial charge on any atom is -0.490 e. The topological polar surface area (TPSA) is 80.3 Å². The van der Waals surface area contributed by atoms with Gasteiger partial charge in [0.25, 0.3) is 0 Å². The number of nitriles is 1. The molecule has 1 heterocycles. The van der Waals surface area contributed by atoms with Crippen LogP contribution in [0.2, 0.25) is 0 Å². The van der Waals surface area contributed by atoms with Crippen molar-refractivity contribution in [3.8, 4) is 17.6 Å². The van der Waals surface area contributed by atoms with Gasteiger partial charge in [0.05, 0.1) is 19.3 Å². The van der Waals surface area contributed by atoms with Crippen LogP contribution in [-0.2, 0) is 5.54 Å². The second-order valence-electron chi connectivity index (χ2n) is 4.09. The number of nitrogens with zero attached hydrogens (tertiary/aromatic N) is 1. The van der Waals surface area contributed by atoms with Crippen LogP contribution in [0.3, 0.4) is 0 Å². The Balaban J connectivity index is 2.39. The Labute approximate surface area is 100 Å². The van der Waals surface area contributed by atoms with E-state index in [1.165, 1.54) is 0 Å². The fraction of sp³-hybridized carbons (Fsp3) is 0.417. The van der Waals surface area contributed by atoms with Gasteiger partial charge >= 0.3 is 0 Å². The number of nitrogens with two attached hydrogens (primary N) is 1. The highest BCUT2D eigenvalue weighted by molar-refractivity contribution is 5.46. The van der Waals surface area contributed by atoms with E-state index in [1.807, 2.05) is 12.1 Å². The van der Waals surface area contributed by atoms with Gasteiger partial charge in [0.1, 0.15) is 5.54 Å². The van der Waals surface area contributed by atoms with Crippen molar-refractivity contribution in [2.75, 3.05) is 13.2 Å². The molecule has 5 nitrogen and oxygen atoms in total. The number of hydrogen-bond acceptors (Lipinski definition) is 5. The van der Waals surface area contributed by atoms with Gasteiger partial charge in [0.2, 0.25) is 0 Å².